The first-order valence-corrected chi connectivity index (χ1v) is 7.30. The van der Waals surface area contributed by atoms with Crippen LogP contribution < -0.4 is 10.6 Å². The van der Waals surface area contributed by atoms with Crippen molar-refractivity contribution in [1.82, 2.24) is 15.2 Å². The highest BCUT2D eigenvalue weighted by Crippen LogP contribution is 2.20. The molecule has 2 aromatic rings. The first-order valence-electron chi connectivity index (χ1n) is 7.30. The van der Waals surface area contributed by atoms with E-state index in [0.29, 0.717) is 6.54 Å². The number of carbonyl (C=O) groups is 1. The number of carbonyl (C=O) groups excluding carboxylic acids is 1. The van der Waals surface area contributed by atoms with Crippen molar-refractivity contribution in [1.29, 1.82) is 0 Å². The van der Waals surface area contributed by atoms with Gasteiger partial charge in [-0.1, -0.05) is 32.0 Å². The molecule has 0 aliphatic rings. The predicted octanol–water partition coefficient (Wildman–Crippen LogP) is 2.28. The highest BCUT2D eigenvalue weighted by atomic mass is 16.1. The van der Waals surface area contributed by atoms with Crippen LogP contribution in [0.4, 0.5) is 0 Å². The minimum atomic E-state index is 0.0719. The van der Waals surface area contributed by atoms with E-state index < -0.39 is 0 Å². The van der Waals surface area contributed by atoms with Gasteiger partial charge in [-0.2, -0.15) is 0 Å². The van der Waals surface area contributed by atoms with Crippen LogP contribution >= 0.6 is 0 Å². The fraction of sp³-hybridized carbons (Fsp3) is 0.438. The molecule has 0 aliphatic heterocycles. The van der Waals surface area contributed by atoms with Crippen molar-refractivity contribution in [3.8, 4) is 0 Å². The average molecular weight is 273 g/mol. The number of aromatic nitrogens is 1. The molecule has 0 saturated carbocycles. The minimum absolute atomic E-state index is 0.0719. The minimum Gasteiger partial charge on any atom is -0.355 e. The topological polar surface area (TPSA) is 46.1 Å². The zero-order chi connectivity index (χ0) is 14.4. The van der Waals surface area contributed by atoms with Gasteiger partial charge in [0.25, 0.3) is 0 Å². The second kappa shape index (κ2) is 7.10. The number of hydrogen-bond donors (Lipinski definition) is 2. The lowest BCUT2D eigenvalue weighted by Gasteiger charge is -2.10. The second-order valence-corrected chi connectivity index (χ2v) is 4.93. The maximum Gasteiger partial charge on any atom is 0.239 e. The van der Waals surface area contributed by atoms with Crippen molar-refractivity contribution in [2.45, 2.75) is 33.4 Å². The summed E-state index contributed by atoms with van der Waals surface area (Å²) in [6.07, 6.45) is 2.95. The molecule has 0 bridgehead atoms. The Balaban J connectivity index is 2.22. The summed E-state index contributed by atoms with van der Waals surface area (Å²) < 4.78 is 2.03. The van der Waals surface area contributed by atoms with E-state index in [1.807, 2.05) is 10.8 Å². The Bertz CT molecular complexity index is 574. The van der Waals surface area contributed by atoms with Gasteiger partial charge in [0.1, 0.15) is 6.54 Å². The zero-order valence-corrected chi connectivity index (χ0v) is 12.3. The Kier molecular flexibility index (Phi) is 5.18. The molecular weight excluding hydrogens is 250 g/mol. The van der Waals surface area contributed by atoms with Crippen molar-refractivity contribution in [3.63, 3.8) is 0 Å². The van der Waals surface area contributed by atoms with Gasteiger partial charge < -0.3 is 15.2 Å². The number of benzene rings is 1. The summed E-state index contributed by atoms with van der Waals surface area (Å²) in [6, 6.07) is 8.34. The summed E-state index contributed by atoms with van der Waals surface area (Å²) in [5, 5.41) is 7.45. The lowest BCUT2D eigenvalue weighted by Crippen LogP contribution is -2.28. The number of amides is 1. The van der Waals surface area contributed by atoms with Crippen LogP contribution in [0.3, 0.4) is 0 Å². The quantitative estimate of drug-likeness (QED) is 0.813. The molecule has 20 heavy (non-hydrogen) atoms. The van der Waals surface area contributed by atoms with Crippen LogP contribution in [-0.2, 0) is 17.9 Å². The standard InChI is InChI=1S/C16H23N3O/c1-3-9-18-15(20)12-19-10-8-13-6-5-7-14(16(13)19)11-17-4-2/h5-8,10,17H,3-4,9,11-12H2,1-2H3,(H,18,20). The molecule has 0 radical (unpaired) electrons. The summed E-state index contributed by atoms with van der Waals surface area (Å²) in [4.78, 5) is 11.9. The molecule has 4 nitrogen and oxygen atoms in total. The molecule has 0 spiro atoms. The molecule has 2 rings (SSSR count). The molecule has 0 aliphatic carbocycles. The molecule has 1 aromatic carbocycles. The molecular formula is C16H23N3O. The highest BCUT2D eigenvalue weighted by molar-refractivity contribution is 5.85. The molecule has 1 heterocycles. The second-order valence-electron chi connectivity index (χ2n) is 4.93. The van der Waals surface area contributed by atoms with E-state index in [9.17, 15) is 4.79 Å². The van der Waals surface area contributed by atoms with Crippen molar-refractivity contribution in [2.75, 3.05) is 13.1 Å². The highest BCUT2D eigenvalue weighted by Gasteiger charge is 2.09. The average Bonchev–Trinajstić information content (AvgIpc) is 2.86. The number of rotatable bonds is 7. The summed E-state index contributed by atoms with van der Waals surface area (Å²) in [5.74, 6) is 0.0719. The van der Waals surface area contributed by atoms with Gasteiger partial charge in [0.15, 0.2) is 0 Å². The van der Waals surface area contributed by atoms with Gasteiger partial charge in [-0.15, -0.1) is 0 Å². The third-order valence-corrected chi connectivity index (χ3v) is 3.32. The Hall–Kier alpha value is -1.81. The molecule has 108 valence electrons. The Labute approximate surface area is 120 Å². The molecule has 1 aromatic heterocycles. The Morgan fingerprint density at radius 3 is 2.85 bits per heavy atom. The summed E-state index contributed by atoms with van der Waals surface area (Å²) in [6.45, 7) is 7.04. The number of hydrogen-bond acceptors (Lipinski definition) is 2. The van der Waals surface area contributed by atoms with E-state index in [4.69, 9.17) is 0 Å². The number of nitrogens with one attached hydrogen (secondary N) is 2. The van der Waals surface area contributed by atoms with E-state index in [0.717, 1.165) is 31.6 Å². The zero-order valence-electron chi connectivity index (χ0n) is 12.3. The third kappa shape index (κ3) is 3.39. The predicted molar refractivity (Wildman–Crippen MR) is 82.6 cm³/mol. The van der Waals surface area contributed by atoms with E-state index >= 15 is 0 Å². The summed E-state index contributed by atoms with van der Waals surface area (Å²) >= 11 is 0. The van der Waals surface area contributed by atoms with Crippen LogP contribution in [0.25, 0.3) is 10.9 Å². The fourth-order valence-electron chi connectivity index (χ4n) is 2.35. The maximum absolute atomic E-state index is 11.9. The van der Waals surface area contributed by atoms with Gasteiger partial charge in [0, 0.05) is 19.3 Å². The largest absolute Gasteiger partial charge is 0.355 e. The number of fused-ring (bicyclic) bond motifs is 1. The van der Waals surface area contributed by atoms with Crippen LogP contribution in [0, 0.1) is 0 Å². The molecule has 1 amide bonds. The molecule has 2 N–H and O–H groups in total. The van der Waals surface area contributed by atoms with Crippen LogP contribution in [0.1, 0.15) is 25.8 Å². The first kappa shape index (κ1) is 14.6. The van der Waals surface area contributed by atoms with Crippen LogP contribution in [0.5, 0.6) is 0 Å². The van der Waals surface area contributed by atoms with Crippen molar-refractivity contribution in [2.24, 2.45) is 0 Å². The van der Waals surface area contributed by atoms with Crippen LogP contribution in [-0.4, -0.2) is 23.6 Å². The van der Waals surface area contributed by atoms with E-state index in [1.165, 1.54) is 10.9 Å². The Morgan fingerprint density at radius 2 is 2.10 bits per heavy atom. The third-order valence-electron chi connectivity index (χ3n) is 3.32. The number of nitrogens with zero attached hydrogens (tertiary/aromatic N) is 1. The number of para-hydroxylation sites is 1. The lowest BCUT2D eigenvalue weighted by atomic mass is 10.1. The van der Waals surface area contributed by atoms with E-state index in [2.05, 4.69) is 48.7 Å². The normalized spacial score (nSPS) is 10.9. The molecule has 0 unspecified atom stereocenters. The summed E-state index contributed by atoms with van der Waals surface area (Å²) in [7, 11) is 0. The fourth-order valence-corrected chi connectivity index (χ4v) is 2.35. The molecule has 0 saturated heterocycles. The van der Waals surface area contributed by atoms with E-state index in [1.54, 1.807) is 0 Å². The van der Waals surface area contributed by atoms with Crippen molar-refractivity contribution < 1.29 is 4.79 Å². The van der Waals surface area contributed by atoms with Gasteiger partial charge in [0.05, 0.1) is 5.52 Å². The van der Waals surface area contributed by atoms with Gasteiger partial charge in [-0.05, 0) is 30.0 Å². The molecule has 0 atom stereocenters. The summed E-state index contributed by atoms with van der Waals surface area (Å²) in [5.41, 5.74) is 2.39. The van der Waals surface area contributed by atoms with Gasteiger partial charge >= 0.3 is 0 Å². The van der Waals surface area contributed by atoms with Crippen LogP contribution in [0.2, 0.25) is 0 Å². The van der Waals surface area contributed by atoms with Gasteiger partial charge in [0.2, 0.25) is 5.91 Å². The van der Waals surface area contributed by atoms with E-state index in [-0.39, 0.29) is 5.91 Å². The smallest absolute Gasteiger partial charge is 0.239 e. The maximum atomic E-state index is 11.9. The first-order chi connectivity index (χ1) is 9.76. The monoisotopic (exact) mass is 273 g/mol. The van der Waals surface area contributed by atoms with Gasteiger partial charge in [-0.3, -0.25) is 4.79 Å². The SMILES string of the molecule is CCCNC(=O)Cn1ccc2cccc(CNCC)c21. The Morgan fingerprint density at radius 1 is 1.25 bits per heavy atom. The molecule has 0 fully saturated rings. The van der Waals surface area contributed by atoms with Gasteiger partial charge in [-0.25, -0.2) is 0 Å². The molecule has 4 heteroatoms. The van der Waals surface area contributed by atoms with Crippen molar-refractivity contribution >= 4 is 16.8 Å². The van der Waals surface area contributed by atoms with Crippen LogP contribution in [0.15, 0.2) is 30.5 Å². The lowest BCUT2D eigenvalue weighted by molar-refractivity contribution is -0.121. The van der Waals surface area contributed by atoms with Crippen molar-refractivity contribution in [3.05, 3.63) is 36.0 Å².